The fourth-order valence-electron chi connectivity index (χ4n) is 1.18. The number of hydrogen-bond donors (Lipinski definition) is 2. The maximum Gasteiger partial charge on any atom is 0.228 e. The molecule has 1 aromatic carbocycles. The molecular weight excluding hydrogens is 300 g/mol. The molecule has 0 unspecified atom stereocenters. The molecule has 0 heterocycles. The molecule has 0 radical (unpaired) electrons. The molecule has 0 aromatic heterocycles. The summed E-state index contributed by atoms with van der Waals surface area (Å²) in [6, 6.07) is 5.81. The van der Waals surface area contributed by atoms with Crippen LogP contribution in [0.4, 0.5) is 5.69 Å². The van der Waals surface area contributed by atoms with E-state index in [4.69, 9.17) is 12.2 Å². The Morgan fingerprint density at radius 1 is 1.41 bits per heavy atom. The number of hydrogen-bond acceptors (Lipinski definition) is 2. The number of amides is 1. The number of halogens is 1. The van der Waals surface area contributed by atoms with Gasteiger partial charge in [0.15, 0.2) is 5.11 Å². The van der Waals surface area contributed by atoms with Crippen molar-refractivity contribution in [1.29, 1.82) is 0 Å². The fourth-order valence-corrected chi connectivity index (χ4v) is 1.86. The monoisotopic (exact) mass is 314 g/mol. The highest BCUT2D eigenvalue weighted by atomic mass is 79.9. The van der Waals surface area contributed by atoms with Gasteiger partial charge in [-0.25, -0.2) is 0 Å². The van der Waals surface area contributed by atoms with Crippen molar-refractivity contribution in [3.63, 3.8) is 0 Å². The second-order valence-corrected chi connectivity index (χ2v) is 5.38. The van der Waals surface area contributed by atoms with E-state index >= 15 is 0 Å². The number of carbonyl (C=O) groups is 1. The second-order valence-electron chi connectivity index (χ2n) is 4.06. The topological polar surface area (TPSA) is 41.1 Å². The summed E-state index contributed by atoms with van der Waals surface area (Å²) in [5.41, 5.74) is 1.95. The van der Waals surface area contributed by atoms with Crippen LogP contribution in [0.1, 0.15) is 19.4 Å². The highest BCUT2D eigenvalue weighted by Crippen LogP contribution is 2.19. The minimum absolute atomic E-state index is 0.0826. The molecule has 0 aliphatic heterocycles. The van der Waals surface area contributed by atoms with Gasteiger partial charge in [-0.05, 0) is 42.9 Å². The zero-order valence-electron chi connectivity index (χ0n) is 10.0. The summed E-state index contributed by atoms with van der Waals surface area (Å²) in [5.74, 6) is -0.168. The van der Waals surface area contributed by atoms with Gasteiger partial charge in [0.1, 0.15) is 0 Å². The van der Waals surface area contributed by atoms with Crippen molar-refractivity contribution in [2.24, 2.45) is 5.92 Å². The summed E-state index contributed by atoms with van der Waals surface area (Å²) in [7, 11) is 0. The molecule has 0 atom stereocenters. The molecule has 0 saturated heterocycles. The smallest absolute Gasteiger partial charge is 0.228 e. The van der Waals surface area contributed by atoms with Gasteiger partial charge in [-0.3, -0.25) is 4.79 Å². The van der Waals surface area contributed by atoms with E-state index in [1.807, 2.05) is 39.0 Å². The van der Waals surface area contributed by atoms with E-state index in [-0.39, 0.29) is 11.8 Å². The minimum atomic E-state index is -0.0859. The largest absolute Gasteiger partial charge is 0.332 e. The molecule has 0 aliphatic rings. The standard InChI is InChI=1S/C12H15BrN2OS/c1-7(2)11(16)15-12(17)14-10-5-4-9(13)6-8(10)3/h4-7H,1-3H3,(H2,14,15,16,17). The van der Waals surface area contributed by atoms with Crippen LogP contribution in [0.3, 0.4) is 0 Å². The van der Waals surface area contributed by atoms with Gasteiger partial charge in [-0.15, -0.1) is 0 Å². The molecule has 0 aliphatic carbocycles. The van der Waals surface area contributed by atoms with Gasteiger partial charge in [-0.2, -0.15) is 0 Å². The molecule has 5 heteroatoms. The Bertz CT molecular complexity index is 446. The first-order valence-corrected chi connectivity index (χ1v) is 6.48. The molecule has 3 nitrogen and oxygen atoms in total. The first kappa shape index (κ1) is 14.1. The van der Waals surface area contributed by atoms with Crippen LogP contribution < -0.4 is 10.6 Å². The molecule has 0 spiro atoms. The van der Waals surface area contributed by atoms with E-state index in [0.717, 1.165) is 15.7 Å². The Morgan fingerprint density at radius 2 is 2.06 bits per heavy atom. The van der Waals surface area contributed by atoms with Gasteiger partial charge in [-0.1, -0.05) is 29.8 Å². The van der Waals surface area contributed by atoms with Crippen molar-refractivity contribution in [1.82, 2.24) is 5.32 Å². The Hall–Kier alpha value is -0.940. The second kappa shape index (κ2) is 6.12. The normalized spacial score (nSPS) is 10.2. The fraction of sp³-hybridized carbons (Fsp3) is 0.333. The molecule has 0 fully saturated rings. The highest BCUT2D eigenvalue weighted by molar-refractivity contribution is 9.10. The van der Waals surface area contributed by atoms with Crippen LogP contribution in [0, 0.1) is 12.8 Å². The number of benzene rings is 1. The molecule has 1 rings (SSSR count). The van der Waals surface area contributed by atoms with Crippen molar-refractivity contribution < 1.29 is 4.79 Å². The average molecular weight is 315 g/mol. The average Bonchev–Trinajstić information content (AvgIpc) is 2.22. The quantitative estimate of drug-likeness (QED) is 0.823. The van der Waals surface area contributed by atoms with Gasteiger partial charge in [0, 0.05) is 16.1 Å². The molecule has 2 N–H and O–H groups in total. The van der Waals surface area contributed by atoms with E-state index in [2.05, 4.69) is 26.6 Å². The van der Waals surface area contributed by atoms with Gasteiger partial charge in [0.2, 0.25) is 5.91 Å². The van der Waals surface area contributed by atoms with Crippen molar-refractivity contribution in [2.45, 2.75) is 20.8 Å². The molecule has 17 heavy (non-hydrogen) atoms. The first-order chi connectivity index (χ1) is 7.90. The lowest BCUT2D eigenvalue weighted by atomic mass is 10.2. The third-order valence-corrected chi connectivity index (χ3v) is 2.90. The number of rotatable bonds is 2. The predicted molar refractivity (Wildman–Crippen MR) is 78.1 cm³/mol. The number of nitrogens with one attached hydrogen (secondary N) is 2. The first-order valence-electron chi connectivity index (χ1n) is 5.28. The molecular formula is C12H15BrN2OS. The van der Waals surface area contributed by atoms with Gasteiger partial charge in [0.05, 0.1) is 0 Å². The van der Waals surface area contributed by atoms with Crippen molar-refractivity contribution in [3.05, 3.63) is 28.2 Å². The van der Waals surface area contributed by atoms with Crippen LogP contribution in [-0.2, 0) is 4.79 Å². The molecule has 1 amide bonds. The number of carbonyl (C=O) groups excluding carboxylic acids is 1. The number of aryl methyl sites for hydroxylation is 1. The van der Waals surface area contributed by atoms with E-state index < -0.39 is 0 Å². The zero-order valence-corrected chi connectivity index (χ0v) is 12.4. The van der Waals surface area contributed by atoms with Crippen LogP contribution in [0.25, 0.3) is 0 Å². The SMILES string of the molecule is Cc1cc(Br)ccc1NC(=S)NC(=O)C(C)C. The Labute approximate surface area is 115 Å². The summed E-state index contributed by atoms with van der Waals surface area (Å²) < 4.78 is 1.01. The van der Waals surface area contributed by atoms with Crippen LogP contribution in [0.2, 0.25) is 0 Å². The van der Waals surface area contributed by atoms with Crippen LogP contribution >= 0.6 is 28.1 Å². The minimum Gasteiger partial charge on any atom is -0.332 e. The Kier molecular flexibility index (Phi) is 5.08. The summed E-state index contributed by atoms with van der Waals surface area (Å²) in [4.78, 5) is 11.4. The summed E-state index contributed by atoms with van der Waals surface area (Å²) >= 11 is 8.46. The maximum atomic E-state index is 11.4. The Morgan fingerprint density at radius 3 is 2.59 bits per heavy atom. The maximum absolute atomic E-state index is 11.4. The predicted octanol–water partition coefficient (Wildman–Crippen LogP) is 3.23. The Balaban J connectivity index is 2.65. The molecule has 92 valence electrons. The van der Waals surface area contributed by atoms with Gasteiger partial charge >= 0.3 is 0 Å². The van der Waals surface area contributed by atoms with Crippen LogP contribution in [-0.4, -0.2) is 11.0 Å². The lowest BCUT2D eigenvalue weighted by Crippen LogP contribution is -2.36. The van der Waals surface area contributed by atoms with E-state index in [1.54, 1.807) is 0 Å². The molecule has 1 aromatic rings. The summed E-state index contributed by atoms with van der Waals surface area (Å²) in [6.45, 7) is 5.62. The highest BCUT2D eigenvalue weighted by Gasteiger charge is 2.09. The van der Waals surface area contributed by atoms with E-state index in [0.29, 0.717) is 5.11 Å². The lowest BCUT2D eigenvalue weighted by Gasteiger charge is -2.13. The number of thiocarbonyl (C=S) groups is 1. The van der Waals surface area contributed by atoms with Crippen LogP contribution in [0.15, 0.2) is 22.7 Å². The van der Waals surface area contributed by atoms with Crippen molar-refractivity contribution in [2.75, 3.05) is 5.32 Å². The third kappa shape index (κ3) is 4.44. The molecule has 0 bridgehead atoms. The van der Waals surface area contributed by atoms with Crippen molar-refractivity contribution >= 4 is 44.9 Å². The lowest BCUT2D eigenvalue weighted by molar-refractivity contribution is -0.122. The summed E-state index contributed by atoms with van der Waals surface area (Å²) in [6.07, 6.45) is 0. The molecule has 0 saturated carbocycles. The summed E-state index contributed by atoms with van der Waals surface area (Å²) in [5, 5.41) is 5.97. The van der Waals surface area contributed by atoms with Gasteiger partial charge < -0.3 is 10.6 Å². The number of anilines is 1. The van der Waals surface area contributed by atoms with Crippen molar-refractivity contribution in [3.8, 4) is 0 Å². The van der Waals surface area contributed by atoms with E-state index in [9.17, 15) is 4.79 Å². The van der Waals surface area contributed by atoms with Crippen LogP contribution in [0.5, 0.6) is 0 Å². The third-order valence-electron chi connectivity index (χ3n) is 2.20. The zero-order chi connectivity index (χ0) is 13.0. The van der Waals surface area contributed by atoms with E-state index in [1.165, 1.54) is 0 Å². The van der Waals surface area contributed by atoms with Gasteiger partial charge in [0.25, 0.3) is 0 Å².